The molecular formula is C13H13IN2O2. The number of Topliss-reactive ketones (excluding diaryl/α,β-unsaturated/α-hetero) is 1. The molecule has 1 heterocycles. The van der Waals surface area contributed by atoms with E-state index < -0.39 is 0 Å². The van der Waals surface area contributed by atoms with E-state index in [0.717, 1.165) is 3.57 Å². The molecule has 0 saturated carbocycles. The molecule has 2 rings (SSSR count). The van der Waals surface area contributed by atoms with Gasteiger partial charge < -0.3 is 4.74 Å². The second kappa shape index (κ2) is 5.99. The van der Waals surface area contributed by atoms with Crippen LogP contribution < -0.4 is 4.74 Å². The van der Waals surface area contributed by atoms with E-state index in [1.54, 1.807) is 16.9 Å². The van der Waals surface area contributed by atoms with Gasteiger partial charge in [0.1, 0.15) is 12.3 Å². The number of carbonyl (C=O) groups is 1. The minimum atomic E-state index is -0.00134. The van der Waals surface area contributed by atoms with E-state index in [-0.39, 0.29) is 12.3 Å². The Hall–Kier alpha value is -1.37. The van der Waals surface area contributed by atoms with E-state index in [2.05, 4.69) is 27.7 Å². The standard InChI is InChI=1S/C13H13IN2O2/c1-2-18-13-6-4-3-5-11(13)12(17)9-16-8-10(14)7-15-16/h3-8H,2,9H2,1H3. The molecule has 18 heavy (non-hydrogen) atoms. The predicted octanol–water partition coefficient (Wildman–Crippen LogP) is 2.77. The van der Waals surface area contributed by atoms with Crippen molar-refractivity contribution in [3.8, 4) is 5.75 Å². The molecular weight excluding hydrogens is 343 g/mol. The first-order valence-corrected chi connectivity index (χ1v) is 6.71. The van der Waals surface area contributed by atoms with Crippen molar-refractivity contribution in [1.29, 1.82) is 0 Å². The van der Waals surface area contributed by atoms with Gasteiger partial charge in [-0.2, -0.15) is 5.10 Å². The lowest BCUT2D eigenvalue weighted by atomic mass is 10.1. The molecule has 0 atom stereocenters. The third-order valence-corrected chi connectivity index (χ3v) is 2.95. The van der Waals surface area contributed by atoms with Gasteiger partial charge in [-0.05, 0) is 41.6 Å². The van der Waals surface area contributed by atoms with Crippen LogP contribution in [0.15, 0.2) is 36.7 Å². The molecule has 0 N–H and O–H groups in total. The van der Waals surface area contributed by atoms with Crippen molar-refractivity contribution in [2.75, 3.05) is 6.61 Å². The topological polar surface area (TPSA) is 44.1 Å². The maximum Gasteiger partial charge on any atom is 0.187 e. The zero-order valence-corrected chi connectivity index (χ0v) is 12.1. The zero-order chi connectivity index (χ0) is 13.0. The van der Waals surface area contributed by atoms with Crippen molar-refractivity contribution in [3.63, 3.8) is 0 Å². The van der Waals surface area contributed by atoms with Crippen LogP contribution in [0.1, 0.15) is 17.3 Å². The molecule has 0 aliphatic heterocycles. The quantitative estimate of drug-likeness (QED) is 0.611. The highest BCUT2D eigenvalue weighted by Gasteiger charge is 2.12. The molecule has 0 aliphatic carbocycles. The molecule has 0 unspecified atom stereocenters. The van der Waals surface area contributed by atoms with Gasteiger partial charge >= 0.3 is 0 Å². The number of para-hydroxylation sites is 1. The number of aromatic nitrogens is 2. The number of rotatable bonds is 5. The van der Waals surface area contributed by atoms with Gasteiger partial charge in [-0.15, -0.1) is 0 Å². The number of carbonyl (C=O) groups excluding carboxylic acids is 1. The number of ketones is 1. The first-order chi connectivity index (χ1) is 8.70. The van der Waals surface area contributed by atoms with Crippen LogP contribution in [0.4, 0.5) is 0 Å². The molecule has 0 spiro atoms. The number of halogens is 1. The Bertz CT molecular complexity index is 551. The molecule has 0 radical (unpaired) electrons. The second-order valence-electron chi connectivity index (χ2n) is 3.71. The summed E-state index contributed by atoms with van der Waals surface area (Å²) in [5.74, 6) is 0.630. The largest absolute Gasteiger partial charge is 0.493 e. The molecule has 5 heteroatoms. The van der Waals surface area contributed by atoms with Crippen LogP contribution in [-0.4, -0.2) is 22.2 Å². The van der Waals surface area contributed by atoms with Crippen molar-refractivity contribution < 1.29 is 9.53 Å². The van der Waals surface area contributed by atoms with Crippen molar-refractivity contribution in [2.24, 2.45) is 0 Å². The van der Waals surface area contributed by atoms with Crippen LogP contribution in [0.3, 0.4) is 0 Å². The van der Waals surface area contributed by atoms with Gasteiger partial charge in [0.05, 0.1) is 21.9 Å². The lowest BCUT2D eigenvalue weighted by Crippen LogP contribution is -2.12. The average molecular weight is 356 g/mol. The average Bonchev–Trinajstić information content (AvgIpc) is 2.76. The predicted molar refractivity (Wildman–Crippen MR) is 76.9 cm³/mol. The van der Waals surface area contributed by atoms with Crippen molar-refractivity contribution in [3.05, 3.63) is 45.8 Å². The first kappa shape index (κ1) is 13.1. The van der Waals surface area contributed by atoms with Crippen molar-refractivity contribution in [1.82, 2.24) is 9.78 Å². The second-order valence-corrected chi connectivity index (χ2v) is 4.95. The molecule has 1 aromatic heterocycles. The molecule has 4 nitrogen and oxygen atoms in total. The van der Waals surface area contributed by atoms with E-state index in [0.29, 0.717) is 17.9 Å². The minimum absolute atomic E-state index is 0.00134. The summed E-state index contributed by atoms with van der Waals surface area (Å²) in [6.07, 6.45) is 3.56. The monoisotopic (exact) mass is 356 g/mol. The third kappa shape index (κ3) is 3.10. The van der Waals surface area contributed by atoms with Gasteiger partial charge in [0, 0.05) is 6.20 Å². The Kier molecular flexibility index (Phi) is 4.35. The molecule has 0 saturated heterocycles. The van der Waals surface area contributed by atoms with E-state index in [4.69, 9.17) is 4.74 Å². The molecule has 0 aliphatic rings. The van der Waals surface area contributed by atoms with Crippen LogP contribution in [0.5, 0.6) is 5.75 Å². The van der Waals surface area contributed by atoms with E-state index >= 15 is 0 Å². The maximum atomic E-state index is 12.2. The summed E-state index contributed by atoms with van der Waals surface area (Å²) in [7, 11) is 0. The van der Waals surface area contributed by atoms with Crippen LogP contribution in [0.2, 0.25) is 0 Å². The number of ether oxygens (including phenoxy) is 1. The molecule has 94 valence electrons. The Morgan fingerprint density at radius 1 is 1.44 bits per heavy atom. The third-order valence-electron chi connectivity index (χ3n) is 2.39. The highest BCUT2D eigenvalue weighted by atomic mass is 127. The molecule has 1 aromatic carbocycles. The van der Waals surface area contributed by atoms with Gasteiger partial charge in [-0.1, -0.05) is 12.1 Å². The summed E-state index contributed by atoms with van der Waals surface area (Å²) in [5.41, 5.74) is 0.602. The summed E-state index contributed by atoms with van der Waals surface area (Å²) in [6.45, 7) is 2.67. The van der Waals surface area contributed by atoms with Crippen LogP contribution >= 0.6 is 22.6 Å². The summed E-state index contributed by atoms with van der Waals surface area (Å²) in [5, 5.41) is 4.10. The van der Waals surface area contributed by atoms with Gasteiger partial charge in [0.2, 0.25) is 0 Å². The lowest BCUT2D eigenvalue weighted by Gasteiger charge is -2.08. The SMILES string of the molecule is CCOc1ccccc1C(=O)Cn1cc(I)cn1. The zero-order valence-electron chi connectivity index (χ0n) is 9.97. The van der Waals surface area contributed by atoms with E-state index in [9.17, 15) is 4.79 Å². The molecule has 0 amide bonds. The van der Waals surface area contributed by atoms with Crippen LogP contribution in [-0.2, 0) is 6.54 Å². The minimum Gasteiger partial charge on any atom is -0.493 e. The fraction of sp³-hybridized carbons (Fsp3) is 0.231. The summed E-state index contributed by atoms with van der Waals surface area (Å²) in [4.78, 5) is 12.2. The van der Waals surface area contributed by atoms with Gasteiger partial charge in [0.25, 0.3) is 0 Å². The van der Waals surface area contributed by atoms with Gasteiger partial charge in [-0.3, -0.25) is 9.48 Å². The van der Waals surface area contributed by atoms with Crippen molar-refractivity contribution in [2.45, 2.75) is 13.5 Å². The Labute approximate surface area is 119 Å². The van der Waals surface area contributed by atoms with Crippen LogP contribution in [0, 0.1) is 3.57 Å². The van der Waals surface area contributed by atoms with E-state index in [1.165, 1.54) is 0 Å². The van der Waals surface area contributed by atoms with E-state index in [1.807, 2.05) is 31.3 Å². The number of benzene rings is 1. The fourth-order valence-electron chi connectivity index (χ4n) is 1.64. The Balaban J connectivity index is 2.18. The highest BCUT2D eigenvalue weighted by molar-refractivity contribution is 14.1. The van der Waals surface area contributed by atoms with Gasteiger partial charge in [0.15, 0.2) is 5.78 Å². The number of hydrogen-bond donors (Lipinski definition) is 0. The lowest BCUT2D eigenvalue weighted by molar-refractivity contribution is 0.0964. The molecule has 2 aromatic rings. The highest BCUT2D eigenvalue weighted by Crippen LogP contribution is 2.19. The molecule has 0 fully saturated rings. The Morgan fingerprint density at radius 3 is 2.89 bits per heavy atom. The maximum absolute atomic E-state index is 12.2. The van der Waals surface area contributed by atoms with Crippen molar-refractivity contribution >= 4 is 28.4 Å². The number of nitrogens with zero attached hydrogens (tertiary/aromatic N) is 2. The number of hydrogen-bond acceptors (Lipinski definition) is 3. The summed E-state index contributed by atoms with van der Waals surface area (Å²) in [6, 6.07) is 7.28. The fourth-order valence-corrected chi connectivity index (χ4v) is 2.08. The van der Waals surface area contributed by atoms with Crippen LogP contribution in [0.25, 0.3) is 0 Å². The Morgan fingerprint density at radius 2 is 2.22 bits per heavy atom. The van der Waals surface area contributed by atoms with Gasteiger partial charge in [-0.25, -0.2) is 0 Å². The summed E-state index contributed by atoms with van der Waals surface area (Å²) >= 11 is 2.16. The normalized spacial score (nSPS) is 10.3. The smallest absolute Gasteiger partial charge is 0.187 e. The summed E-state index contributed by atoms with van der Waals surface area (Å²) < 4.78 is 8.09. The molecule has 0 bridgehead atoms. The first-order valence-electron chi connectivity index (χ1n) is 5.63.